The van der Waals surface area contributed by atoms with Crippen LogP contribution in [0.5, 0.6) is 5.75 Å². The second-order valence-electron chi connectivity index (χ2n) is 7.57. The lowest BCUT2D eigenvalue weighted by Crippen LogP contribution is -2.44. The fourth-order valence-corrected chi connectivity index (χ4v) is 4.35. The van der Waals surface area contributed by atoms with Crippen LogP contribution in [-0.2, 0) is 0 Å². The average Bonchev–Trinajstić information content (AvgIpc) is 2.96. The number of halogens is 4. The Bertz CT molecular complexity index is 1010. The van der Waals surface area contributed by atoms with E-state index in [0.29, 0.717) is 17.0 Å². The molecule has 1 aliphatic carbocycles. The molecule has 12 heteroatoms. The van der Waals surface area contributed by atoms with Gasteiger partial charge in [0, 0.05) is 44.2 Å². The van der Waals surface area contributed by atoms with Crippen LogP contribution in [0.25, 0.3) is 0 Å². The van der Waals surface area contributed by atoms with Crippen molar-refractivity contribution in [1.29, 1.82) is 0 Å². The van der Waals surface area contributed by atoms with Crippen LogP contribution in [0.4, 0.5) is 19.0 Å². The zero-order chi connectivity index (χ0) is 22.0. The van der Waals surface area contributed by atoms with Crippen molar-refractivity contribution in [2.45, 2.75) is 25.1 Å². The highest BCUT2D eigenvalue weighted by atomic mass is 35.5. The van der Waals surface area contributed by atoms with Crippen molar-refractivity contribution in [3.63, 3.8) is 0 Å². The minimum absolute atomic E-state index is 0.000272. The van der Waals surface area contributed by atoms with E-state index in [0.717, 1.165) is 31.7 Å². The number of rotatable bonds is 5. The predicted molar refractivity (Wildman–Crippen MR) is 107 cm³/mol. The van der Waals surface area contributed by atoms with Gasteiger partial charge in [0.2, 0.25) is 0 Å². The van der Waals surface area contributed by atoms with Crippen molar-refractivity contribution in [1.82, 2.24) is 14.6 Å². The normalized spacial score (nSPS) is 24.2. The number of nitrogens with zero attached hydrogens (tertiary/aromatic N) is 7. The van der Waals surface area contributed by atoms with Crippen molar-refractivity contribution in [3.05, 3.63) is 41.4 Å². The number of anilines is 1. The van der Waals surface area contributed by atoms with E-state index < -0.39 is 12.8 Å². The predicted octanol–water partition coefficient (Wildman–Crippen LogP) is 3.53. The van der Waals surface area contributed by atoms with E-state index in [-0.39, 0.29) is 17.3 Å². The second kappa shape index (κ2) is 8.81. The molecule has 8 nitrogen and oxygen atoms in total. The van der Waals surface area contributed by atoms with E-state index in [1.54, 1.807) is 18.3 Å². The number of ether oxygens (including phenoxy) is 1. The maximum Gasteiger partial charge on any atom is 0.422 e. The Labute approximate surface area is 181 Å². The van der Waals surface area contributed by atoms with Gasteiger partial charge >= 0.3 is 6.18 Å². The molecule has 0 spiro atoms. The first kappa shape index (κ1) is 21.5. The monoisotopic (exact) mass is 455 g/mol. The van der Waals surface area contributed by atoms with E-state index in [4.69, 9.17) is 16.3 Å². The summed E-state index contributed by atoms with van der Waals surface area (Å²) >= 11 is 5.99. The highest BCUT2D eigenvalue weighted by molar-refractivity contribution is 6.29. The number of aromatic nitrogens is 3. The van der Waals surface area contributed by atoms with Crippen molar-refractivity contribution in [3.8, 4) is 5.75 Å². The standard InChI is InChI=1S/C19H21ClF3N7O/c1-24-18-14(31-10-19(21,22)23)3-2-6-30(18)28-27-17-12-4-5-13(17)9-29(8-12)16-7-15(20)25-11-26-16/h2-3,6-7,11-13,17H,4-5,8-10H2,1H3/b24-18-,28-27+/t12-,13+,17-. The van der Waals surface area contributed by atoms with Gasteiger partial charge in [0.15, 0.2) is 17.8 Å². The Hall–Kier alpha value is -2.69. The van der Waals surface area contributed by atoms with Crippen LogP contribution in [0.3, 0.4) is 0 Å². The average molecular weight is 456 g/mol. The van der Waals surface area contributed by atoms with Gasteiger partial charge in [-0.05, 0) is 25.0 Å². The summed E-state index contributed by atoms with van der Waals surface area (Å²) in [4.78, 5) is 14.5. The molecule has 0 N–H and O–H groups in total. The number of pyridine rings is 1. The third-order valence-corrected chi connectivity index (χ3v) is 5.73. The van der Waals surface area contributed by atoms with E-state index >= 15 is 0 Å². The molecule has 0 amide bonds. The molecule has 2 aromatic heterocycles. The summed E-state index contributed by atoms with van der Waals surface area (Å²) in [5.74, 6) is 1.38. The first-order valence-electron chi connectivity index (χ1n) is 9.82. The third-order valence-electron chi connectivity index (χ3n) is 5.52. The van der Waals surface area contributed by atoms with Crippen LogP contribution in [0.15, 0.2) is 46.1 Å². The summed E-state index contributed by atoms with van der Waals surface area (Å²) in [7, 11) is 1.47. The van der Waals surface area contributed by atoms with Crippen molar-refractivity contribution < 1.29 is 17.9 Å². The zero-order valence-corrected chi connectivity index (χ0v) is 17.5. The number of hydrogen-bond acceptors (Lipinski definition) is 7. The summed E-state index contributed by atoms with van der Waals surface area (Å²) in [6.07, 6.45) is 0.647. The van der Waals surface area contributed by atoms with Crippen LogP contribution < -0.4 is 15.1 Å². The van der Waals surface area contributed by atoms with Crippen LogP contribution in [0, 0.1) is 11.8 Å². The molecule has 0 aromatic carbocycles. The van der Waals surface area contributed by atoms with Gasteiger partial charge in [0.1, 0.15) is 17.3 Å². The fourth-order valence-electron chi connectivity index (χ4n) is 4.21. The molecule has 3 atom stereocenters. The second-order valence-corrected chi connectivity index (χ2v) is 7.95. The molecule has 4 rings (SSSR count). The first-order valence-corrected chi connectivity index (χ1v) is 10.2. The van der Waals surface area contributed by atoms with Gasteiger partial charge in [0.05, 0.1) is 6.04 Å². The molecule has 3 heterocycles. The quantitative estimate of drug-likeness (QED) is 0.510. The summed E-state index contributed by atoms with van der Waals surface area (Å²) in [5, 5.41) is 9.23. The van der Waals surface area contributed by atoms with Crippen LogP contribution >= 0.6 is 11.6 Å². The molecule has 1 saturated heterocycles. The Kier molecular flexibility index (Phi) is 6.12. The largest absolute Gasteiger partial charge is 0.480 e. The number of fused-ring (bicyclic) bond motifs is 2. The lowest BCUT2D eigenvalue weighted by Gasteiger charge is -2.36. The maximum atomic E-state index is 12.5. The van der Waals surface area contributed by atoms with Crippen molar-refractivity contribution >= 4 is 17.4 Å². The Balaban J connectivity index is 1.50. The molecular formula is C19H21ClF3N7O. The molecule has 1 saturated carbocycles. The lowest BCUT2D eigenvalue weighted by molar-refractivity contribution is -0.153. The molecule has 2 aliphatic rings. The molecule has 2 bridgehead atoms. The van der Waals surface area contributed by atoms with Gasteiger partial charge in [-0.1, -0.05) is 16.8 Å². The van der Waals surface area contributed by atoms with E-state index in [9.17, 15) is 13.2 Å². The molecule has 2 aromatic rings. The van der Waals surface area contributed by atoms with Crippen LogP contribution in [0.1, 0.15) is 12.8 Å². The molecule has 166 valence electrons. The molecule has 0 radical (unpaired) electrons. The van der Waals surface area contributed by atoms with Gasteiger partial charge in [-0.3, -0.25) is 4.99 Å². The molecular weight excluding hydrogens is 435 g/mol. The summed E-state index contributed by atoms with van der Waals surface area (Å²) in [6.45, 7) is 0.155. The van der Waals surface area contributed by atoms with Crippen molar-refractivity contribution in [2.24, 2.45) is 27.2 Å². The zero-order valence-electron chi connectivity index (χ0n) is 16.7. The molecule has 1 aliphatic heterocycles. The van der Waals surface area contributed by atoms with Gasteiger partial charge in [-0.2, -0.15) is 18.3 Å². The van der Waals surface area contributed by atoms with Gasteiger partial charge in [-0.25, -0.2) is 14.6 Å². The van der Waals surface area contributed by atoms with Crippen molar-refractivity contribution in [2.75, 3.05) is 31.6 Å². The Morgan fingerprint density at radius 3 is 2.61 bits per heavy atom. The van der Waals surface area contributed by atoms with Gasteiger partial charge in [-0.15, -0.1) is 0 Å². The van der Waals surface area contributed by atoms with E-state index in [1.165, 1.54) is 24.1 Å². The topological polar surface area (TPSA) is 80.3 Å². The Morgan fingerprint density at radius 2 is 1.97 bits per heavy atom. The minimum Gasteiger partial charge on any atom is -0.480 e. The number of hydrogen-bond donors (Lipinski definition) is 0. The molecule has 31 heavy (non-hydrogen) atoms. The summed E-state index contributed by atoms with van der Waals surface area (Å²) < 4.78 is 43.8. The number of piperidine rings is 1. The van der Waals surface area contributed by atoms with E-state index in [1.807, 2.05) is 0 Å². The summed E-state index contributed by atoms with van der Waals surface area (Å²) in [5.41, 5.74) is 0.177. The smallest absolute Gasteiger partial charge is 0.422 e. The first-order chi connectivity index (χ1) is 14.8. The third kappa shape index (κ3) is 4.97. The van der Waals surface area contributed by atoms with Crippen LogP contribution in [-0.4, -0.2) is 53.6 Å². The van der Waals surface area contributed by atoms with E-state index in [2.05, 4.69) is 30.2 Å². The van der Waals surface area contributed by atoms with Gasteiger partial charge in [0.25, 0.3) is 0 Å². The maximum absolute atomic E-state index is 12.5. The van der Waals surface area contributed by atoms with Crippen LogP contribution in [0.2, 0.25) is 5.15 Å². The minimum atomic E-state index is -4.44. The summed E-state index contributed by atoms with van der Waals surface area (Å²) in [6, 6.07) is 4.75. The SMILES string of the molecule is C/N=c1/c(OCC(F)(F)F)cccn1/N=N/[C@@H]1[C@@H]2CC[C@H]1CN(c1cc(Cl)ncn1)C2. The highest BCUT2D eigenvalue weighted by Gasteiger charge is 2.43. The fraction of sp³-hybridized carbons (Fsp3) is 0.526. The molecule has 0 unspecified atom stereocenters. The number of alkyl halides is 3. The Morgan fingerprint density at radius 1 is 1.23 bits per heavy atom. The van der Waals surface area contributed by atoms with Gasteiger partial charge < -0.3 is 9.64 Å². The molecule has 2 fully saturated rings. The highest BCUT2D eigenvalue weighted by Crippen LogP contribution is 2.40. The lowest BCUT2D eigenvalue weighted by atomic mass is 9.93.